The summed E-state index contributed by atoms with van der Waals surface area (Å²) in [5.41, 5.74) is 1.66. The minimum atomic E-state index is -1.08. The highest BCUT2D eigenvalue weighted by molar-refractivity contribution is 5.90. The van der Waals surface area contributed by atoms with Gasteiger partial charge in [-0.15, -0.1) is 0 Å². The molecule has 2 aromatic carbocycles. The smallest absolute Gasteiger partial charge is 0.309 e. The molecule has 0 saturated heterocycles. The molecule has 1 aromatic heterocycles. The first-order valence-electron chi connectivity index (χ1n) is 14.1. The van der Waals surface area contributed by atoms with Crippen LogP contribution in [0.3, 0.4) is 0 Å². The first kappa shape index (κ1) is 31.1. The molecule has 0 saturated carbocycles. The Balaban J connectivity index is 1.66. The summed E-state index contributed by atoms with van der Waals surface area (Å²) in [7, 11) is 3.02. The number of amides is 2. The van der Waals surface area contributed by atoms with Crippen LogP contribution >= 0.6 is 0 Å². The van der Waals surface area contributed by atoms with E-state index >= 15 is 0 Å². The lowest BCUT2D eigenvalue weighted by Crippen LogP contribution is -2.53. The molecule has 0 aliphatic carbocycles. The van der Waals surface area contributed by atoms with Crippen molar-refractivity contribution in [1.82, 2.24) is 15.6 Å². The molecule has 1 unspecified atom stereocenters. The zero-order chi connectivity index (χ0) is 30.6. The predicted octanol–water partition coefficient (Wildman–Crippen LogP) is 3.96. The number of cyclic esters (lactones) is 1. The van der Waals surface area contributed by atoms with Crippen molar-refractivity contribution in [3.05, 3.63) is 96.3 Å². The summed E-state index contributed by atoms with van der Waals surface area (Å²) >= 11 is 0. The van der Waals surface area contributed by atoms with Gasteiger partial charge in [-0.3, -0.25) is 19.4 Å². The number of benzene rings is 2. The van der Waals surface area contributed by atoms with Crippen LogP contribution in [0.15, 0.2) is 85.2 Å². The lowest BCUT2D eigenvalue weighted by atomic mass is 9.94. The number of rotatable bonds is 7. The van der Waals surface area contributed by atoms with Crippen LogP contribution in [0.1, 0.15) is 36.9 Å². The Morgan fingerprint density at radius 3 is 2.44 bits per heavy atom. The maximum atomic E-state index is 13.9. The van der Waals surface area contributed by atoms with Crippen LogP contribution in [-0.4, -0.2) is 55.7 Å². The maximum absolute atomic E-state index is 13.9. The molecule has 43 heavy (non-hydrogen) atoms. The standard InChI is InChI=1S/C33H37N3O7/c1-22-9-7-13-30(37)42-18-16-28(43-25-14-15-27(40-2)29(20-25)41-3)33(39)35-26(19-23-10-5-4-6-11-23)32(38)36-31(22)24-12-8-17-34-21-24/h4-12,14-15,17,20-22,26,28,31H,13,16,18-19H2,1-3H3,(H,35,39)(H,36,38)/b9-7+/t22-,26-,28?,31+/m0/s1. The highest BCUT2D eigenvalue weighted by Crippen LogP contribution is 2.31. The molecule has 0 spiro atoms. The number of nitrogens with zero attached hydrogens (tertiary/aromatic N) is 1. The third kappa shape index (κ3) is 8.81. The van der Waals surface area contributed by atoms with Crippen LogP contribution in [0.25, 0.3) is 0 Å². The molecule has 0 radical (unpaired) electrons. The Hall–Kier alpha value is -4.86. The van der Waals surface area contributed by atoms with Crippen molar-refractivity contribution in [2.24, 2.45) is 5.92 Å². The second-order valence-electron chi connectivity index (χ2n) is 10.1. The highest BCUT2D eigenvalue weighted by Gasteiger charge is 2.30. The van der Waals surface area contributed by atoms with E-state index in [-0.39, 0.29) is 37.7 Å². The van der Waals surface area contributed by atoms with Gasteiger partial charge >= 0.3 is 5.97 Å². The van der Waals surface area contributed by atoms with E-state index in [2.05, 4.69) is 15.6 Å². The fourth-order valence-corrected chi connectivity index (χ4v) is 4.78. The number of carbonyl (C=O) groups is 3. The maximum Gasteiger partial charge on any atom is 0.309 e. The van der Waals surface area contributed by atoms with Crippen LogP contribution in [0.2, 0.25) is 0 Å². The van der Waals surface area contributed by atoms with E-state index in [0.29, 0.717) is 17.2 Å². The van der Waals surface area contributed by atoms with E-state index in [0.717, 1.165) is 11.1 Å². The highest BCUT2D eigenvalue weighted by atomic mass is 16.5. The molecule has 226 valence electrons. The molecule has 3 aromatic rings. The lowest BCUT2D eigenvalue weighted by molar-refractivity contribution is -0.144. The molecule has 0 fully saturated rings. The third-order valence-corrected chi connectivity index (χ3v) is 7.08. The minimum Gasteiger partial charge on any atom is -0.493 e. The average molecular weight is 588 g/mol. The second-order valence-corrected chi connectivity index (χ2v) is 10.1. The fraction of sp³-hybridized carbons (Fsp3) is 0.333. The Kier molecular flexibility index (Phi) is 11.1. The van der Waals surface area contributed by atoms with E-state index in [9.17, 15) is 14.4 Å². The van der Waals surface area contributed by atoms with Crippen molar-refractivity contribution in [2.45, 2.75) is 44.4 Å². The molecule has 2 heterocycles. The molecule has 4 atom stereocenters. The van der Waals surface area contributed by atoms with Gasteiger partial charge in [0.2, 0.25) is 5.91 Å². The molecule has 0 bridgehead atoms. The molecule has 1 aliphatic rings. The molecule has 1 aliphatic heterocycles. The van der Waals surface area contributed by atoms with Crippen molar-refractivity contribution >= 4 is 17.8 Å². The van der Waals surface area contributed by atoms with Crippen LogP contribution in [0, 0.1) is 5.92 Å². The van der Waals surface area contributed by atoms with Crippen molar-refractivity contribution < 1.29 is 33.3 Å². The zero-order valence-corrected chi connectivity index (χ0v) is 24.5. The number of pyridine rings is 1. The minimum absolute atomic E-state index is 0.0437. The van der Waals surface area contributed by atoms with E-state index in [1.165, 1.54) is 14.2 Å². The molecule has 2 amide bonds. The van der Waals surface area contributed by atoms with Gasteiger partial charge in [-0.25, -0.2) is 0 Å². The van der Waals surface area contributed by atoms with Gasteiger partial charge in [0.1, 0.15) is 11.8 Å². The largest absolute Gasteiger partial charge is 0.493 e. The quantitative estimate of drug-likeness (QED) is 0.315. The van der Waals surface area contributed by atoms with Crippen molar-refractivity contribution in [2.75, 3.05) is 20.8 Å². The molecule has 2 N–H and O–H groups in total. The van der Waals surface area contributed by atoms with Crippen molar-refractivity contribution in [3.8, 4) is 17.2 Å². The summed E-state index contributed by atoms with van der Waals surface area (Å²) in [5, 5.41) is 6.01. The van der Waals surface area contributed by atoms with Gasteiger partial charge in [-0.05, 0) is 35.2 Å². The SMILES string of the molecule is COc1ccc(OC2CCOC(=O)C/C=C/[C@H](C)[C@H](c3cccnc3)NC(=O)[C@H](Cc3ccccc3)NC2=O)cc1OC. The summed E-state index contributed by atoms with van der Waals surface area (Å²) < 4.78 is 22.2. The number of hydrogen-bond acceptors (Lipinski definition) is 8. The summed E-state index contributed by atoms with van der Waals surface area (Å²) in [6.45, 7) is 1.89. The molecule has 10 heteroatoms. The summed E-state index contributed by atoms with van der Waals surface area (Å²) in [6, 6.07) is 16.6. The van der Waals surface area contributed by atoms with Gasteiger partial charge < -0.3 is 29.6 Å². The van der Waals surface area contributed by atoms with Crippen LogP contribution in [0.4, 0.5) is 0 Å². The van der Waals surface area contributed by atoms with E-state index in [1.54, 1.807) is 42.7 Å². The van der Waals surface area contributed by atoms with Gasteiger partial charge in [0.25, 0.3) is 5.91 Å². The van der Waals surface area contributed by atoms with Gasteiger partial charge in [0.05, 0.1) is 33.3 Å². The van der Waals surface area contributed by atoms with E-state index in [1.807, 2.05) is 49.4 Å². The van der Waals surface area contributed by atoms with Gasteiger partial charge in [-0.1, -0.05) is 55.5 Å². The molecule has 4 rings (SSSR count). The van der Waals surface area contributed by atoms with Gasteiger partial charge in [0.15, 0.2) is 17.6 Å². The van der Waals surface area contributed by atoms with Crippen molar-refractivity contribution in [1.29, 1.82) is 0 Å². The number of nitrogens with one attached hydrogen (secondary N) is 2. The van der Waals surface area contributed by atoms with Crippen LogP contribution in [0.5, 0.6) is 17.2 Å². The topological polar surface area (TPSA) is 125 Å². The van der Waals surface area contributed by atoms with Gasteiger partial charge in [0, 0.05) is 31.3 Å². The Labute approximate surface area is 251 Å². The summed E-state index contributed by atoms with van der Waals surface area (Å²) in [4.78, 5) is 44.3. The van der Waals surface area contributed by atoms with E-state index < -0.39 is 30.1 Å². The van der Waals surface area contributed by atoms with E-state index in [4.69, 9.17) is 18.9 Å². The zero-order valence-electron chi connectivity index (χ0n) is 24.5. The van der Waals surface area contributed by atoms with Crippen LogP contribution in [-0.2, 0) is 25.5 Å². The van der Waals surface area contributed by atoms with Crippen LogP contribution < -0.4 is 24.8 Å². The molecule has 10 nitrogen and oxygen atoms in total. The predicted molar refractivity (Wildman–Crippen MR) is 160 cm³/mol. The van der Waals surface area contributed by atoms with Crippen molar-refractivity contribution in [3.63, 3.8) is 0 Å². The summed E-state index contributed by atoms with van der Waals surface area (Å²) in [5.74, 6) is -0.250. The second kappa shape index (κ2) is 15.4. The first-order chi connectivity index (χ1) is 20.9. The monoisotopic (exact) mass is 587 g/mol. The number of carbonyl (C=O) groups excluding carboxylic acids is 3. The first-order valence-corrected chi connectivity index (χ1v) is 14.1. The summed E-state index contributed by atoms with van der Waals surface area (Å²) in [6.07, 6.45) is 6.22. The molecular formula is C33H37N3O7. The fourth-order valence-electron chi connectivity index (χ4n) is 4.78. The number of aromatic nitrogens is 1. The Morgan fingerprint density at radius 1 is 0.930 bits per heavy atom. The number of hydrogen-bond donors (Lipinski definition) is 2. The normalized spacial score (nSPS) is 22.5. The average Bonchev–Trinajstić information content (AvgIpc) is 3.03. The number of methoxy groups -OCH3 is 2. The number of esters is 1. The Morgan fingerprint density at radius 2 is 1.72 bits per heavy atom. The lowest BCUT2D eigenvalue weighted by Gasteiger charge is -2.28. The third-order valence-electron chi connectivity index (χ3n) is 7.08. The molecular weight excluding hydrogens is 550 g/mol. The van der Waals surface area contributed by atoms with Gasteiger partial charge in [-0.2, -0.15) is 0 Å². The Bertz CT molecular complexity index is 1400. The number of ether oxygens (including phenoxy) is 4.